The summed E-state index contributed by atoms with van der Waals surface area (Å²) in [5, 5.41) is 5.03. The van der Waals surface area contributed by atoms with Crippen LogP contribution < -0.4 is 10.6 Å². The van der Waals surface area contributed by atoms with Crippen molar-refractivity contribution in [2.24, 2.45) is 0 Å². The van der Waals surface area contributed by atoms with Crippen molar-refractivity contribution in [1.82, 2.24) is 0 Å². The van der Waals surface area contributed by atoms with Gasteiger partial charge < -0.3 is 19.5 Å². The van der Waals surface area contributed by atoms with E-state index in [0.29, 0.717) is 16.9 Å². The molecule has 0 spiro atoms. The lowest BCUT2D eigenvalue weighted by Gasteiger charge is -2.09. The highest BCUT2D eigenvalue weighted by Crippen LogP contribution is 2.13. The highest BCUT2D eigenvalue weighted by molar-refractivity contribution is 5.97. The number of carbonyl (C=O) groups is 4. The summed E-state index contributed by atoms with van der Waals surface area (Å²) in [7, 11) is 0. The molecule has 0 unspecified atom stereocenters. The zero-order valence-electron chi connectivity index (χ0n) is 16.6. The summed E-state index contributed by atoms with van der Waals surface area (Å²) < 4.78 is 14.6. The number of esters is 2. The maximum absolute atomic E-state index is 12.1. The lowest BCUT2D eigenvalue weighted by molar-refractivity contribution is -0.119. The number of rotatable bonds is 8. The molecule has 0 aromatic heterocycles. The number of nitrogens with one attached hydrogen (secondary N) is 2. The Bertz CT molecular complexity index is 910. The molecule has 0 heterocycles. The molecule has 0 fully saturated rings. The summed E-state index contributed by atoms with van der Waals surface area (Å²) in [6.07, 6.45) is -0.642. The van der Waals surface area contributed by atoms with Crippen LogP contribution in [0.5, 0.6) is 0 Å². The highest BCUT2D eigenvalue weighted by atomic mass is 16.5. The predicted molar refractivity (Wildman–Crippen MR) is 108 cm³/mol. The molecule has 0 saturated carbocycles. The number of anilines is 2. The normalized spacial score (nSPS) is 9.93. The first-order valence-electron chi connectivity index (χ1n) is 9.21. The maximum Gasteiger partial charge on any atom is 0.411 e. The largest absolute Gasteiger partial charge is 0.462 e. The molecule has 2 aromatic carbocycles. The molecule has 0 atom stereocenters. The Kier molecular flexibility index (Phi) is 8.37. The fourth-order valence-electron chi connectivity index (χ4n) is 2.32. The van der Waals surface area contributed by atoms with Crippen molar-refractivity contribution in [3.8, 4) is 0 Å². The van der Waals surface area contributed by atoms with Crippen molar-refractivity contribution in [3.63, 3.8) is 0 Å². The van der Waals surface area contributed by atoms with E-state index in [1.54, 1.807) is 26.0 Å². The minimum absolute atomic E-state index is 0.163. The molecule has 2 aromatic rings. The molecule has 9 heteroatoms. The predicted octanol–water partition coefficient (Wildman–Crippen LogP) is 3.23. The van der Waals surface area contributed by atoms with Gasteiger partial charge in [0.05, 0.1) is 24.3 Å². The minimum Gasteiger partial charge on any atom is -0.462 e. The van der Waals surface area contributed by atoms with Crippen molar-refractivity contribution < 1.29 is 33.4 Å². The zero-order chi connectivity index (χ0) is 21.9. The van der Waals surface area contributed by atoms with E-state index in [4.69, 9.17) is 14.2 Å². The SMILES string of the molecule is CCOC(=O)Nc1cccc(C(=O)OCC(=O)Nc2ccc(C(=O)OCC)cc2)c1. The van der Waals surface area contributed by atoms with Gasteiger partial charge in [0.25, 0.3) is 5.91 Å². The van der Waals surface area contributed by atoms with E-state index in [2.05, 4.69) is 10.6 Å². The number of carbonyl (C=O) groups excluding carboxylic acids is 4. The van der Waals surface area contributed by atoms with Gasteiger partial charge in [0.15, 0.2) is 6.61 Å². The van der Waals surface area contributed by atoms with Crippen molar-refractivity contribution in [3.05, 3.63) is 59.7 Å². The van der Waals surface area contributed by atoms with Gasteiger partial charge in [-0.2, -0.15) is 0 Å². The molecule has 0 aliphatic rings. The smallest absolute Gasteiger partial charge is 0.411 e. The van der Waals surface area contributed by atoms with Crippen molar-refractivity contribution in [2.45, 2.75) is 13.8 Å². The van der Waals surface area contributed by atoms with Gasteiger partial charge in [-0.3, -0.25) is 10.1 Å². The summed E-state index contributed by atoms with van der Waals surface area (Å²) in [5.41, 5.74) is 1.31. The van der Waals surface area contributed by atoms with E-state index in [1.165, 1.54) is 36.4 Å². The maximum atomic E-state index is 12.1. The van der Waals surface area contributed by atoms with Crippen LogP contribution in [0, 0.1) is 0 Å². The Morgan fingerprint density at radius 1 is 0.733 bits per heavy atom. The quantitative estimate of drug-likeness (QED) is 0.503. The Hall–Kier alpha value is -3.88. The van der Waals surface area contributed by atoms with Crippen LogP contribution in [0.3, 0.4) is 0 Å². The number of ether oxygens (including phenoxy) is 3. The van der Waals surface area contributed by atoms with Gasteiger partial charge >= 0.3 is 18.0 Å². The van der Waals surface area contributed by atoms with E-state index < -0.39 is 30.5 Å². The molecule has 2 rings (SSSR count). The molecule has 0 aliphatic carbocycles. The molecule has 158 valence electrons. The molecule has 2 N–H and O–H groups in total. The van der Waals surface area contributed by atoms with Crippen LogP contribution in [0.25, 0.3) is 0 Å². The monoisotopic (exact) mass is 414 g/mol. The fourth-order valence-corrected chi connectivity index (χ4v) is 2.32. The molecule has 0 saturated heterocycles. The molecule has 0 aliphatic heterocycles. The first-order valence-corrected chi connectivity index (χ1v) is 9.21. The number of benzene rings is 2. The van der Waals surface area contributed by atoms with Crippen molar-refractivity contribution >= 4 is 35.3 Å². The standard InChI is InChI=1S/C21H22N2O7/c1-3-28-19(25)14-8-10-16(11-9-14)22-18(24)13-30-20(26)15-6-5-7-17(12-15)23-21(27)29-4-2/h5-12H,3-4,13H2,1-2H3,(H,22,24)(H,23,27). The topological polar surface area (TPSA) is 120 Å². The van der Waals surface area contributed by atoms with Gasteiger partial charge in [0.2, 0.25) is 0 Å². The average Bonchev–Trinajstić information content (AvgIpc) is 2.73. The van der Waals surface area contributed by atoms with Crippen molar-refractivity contribution in [1.29, 1.82) is 0 Å². The Labute approximate surface area is 173 Å². The van der Waals surface area contributed by atoms with Gasteiger partial charge in [-0.05, 0) is 56.3 Å². The molecule has 9 nitrogen and oxygen atoms in total. The lowest BCUT2D eigenvalue weighted by atomic mass is 10.2. The van der Waals surface area contributed by atoms with E-state index in [9.17, 15) is 19.2 Å². The van der Waals surface area contributed by atoms with Crippen LogP contribution >= 0.6 is 0 Å². The van der Waals surface area contributed by atoms with Crippen LogP contribution in [0.2, 0.25) is 0 Å². The van der Waals surface area contributed by atoms with Gasteiger partial charge in [-0.1, -0.05) is 6.07 Å². The summed E-state index contributed by atoms with van der Waals surface area (Å²) in [4.78, 5) is 47.2. The van der Waals surface area contributed by atoms with Crippen LogP contribution in [-0.2, 0) is 19.0 Å². The Balaban J connectivity index is 1.86. The van der Waals surface area contributed by atoms with E-state index >= 15 is 0 Å². The molecule has 0 bridgehead atoms. The van der Waals surface area contributed by atoms with Crippen LogP contribution in [0.1, 0.15) is 34.6 Å². The fraction of sp³-hybridized carbons (Fsp3) is 0.238. The Morgan fingerprint density at radius 2 is 1.40 bits per heavy atom. The van der Waals surface area contributed by atoms with Crippen LogP contribution in [-0.4, -0.2) is 43.8 Å². The second kappa shape index (κ2) is 11.2. The average molecular weight is 414 g/mol. The second-order valence-electron chi connectivity index (χ2n) is 5.85. The Morgan fingerprint density at radius 3 is 2.07 bits per heavy atom. The molecule has 30 heavy (non-hydrogen) atoms. The third-order valence-corrected chi connectivity index (χ3v) is 3.63. The summed E-state index contributed by atoms with van der Waals surface area (Å²) in [5.74, 6) is -1.73. The number of hydrogen-bond donors (Lipinski definition) is 2. The third kappa shape index (κ3) is 6.93. The summed E-state index contributed by atoms with van der Waals surface area (Å²) >= 11 is 0. The van der Waals surface area contributed by atoms with Crippen LogP contribution in [0.4, 0.5) is 16.2 Å². The van der Waals surface area contributed by atoms with Gasteiger partial charge in [0.1, 0.15) is 0 Å². The molecular weight excluding hydrogens is 392 g/mol. The third-order valence-electron chi connectivity index (χ3n) is 3.63. The first kappa shape index (κ1) is 22.4. The van der Waals surface area contributed by atoms with Gasteiger partial charge in [0, 0.05) is 11.4 Å². The summed E-state index contributed by atoms with van der Waals surface area (Å²) in [6, 6.07) is 12.1. The first-order chi connectivity index (χ1) is 14.4. The number of amides is 2. The van der Waals surface area contributed by atoms with Crippen molar-refractivity contribution in [2.75, 3.05) is 30.5 Å². The zero-order valence-corrected chi connectivity index (χ0v) is 16.6. The minimum atomic E-state index is -0.727. The molecule has 2 amide bonds. The second-order valence-corrected chi connectivity index (χ2v) is 5.85. The highest BCUT2D eigenvalue weighted by Gasteiger charge is 2.12. The lowest BCUT2D eigenvalue weighted by Crippen LogP contribution is -2.21. The molecular formula is C21H22N2O7. The van der Waals surface area contributed by atoms with Gasteiger partial charge in [-0.25, -0.2) is 14.4 Å². The summed E-state index contributed by atoms with van der Waals surface area (Å²) in [6.45, 7) is 3.36. The van der Waals surface area contributed by atoms with E-state index in [-0.39, 0.29) is 18.8 Å². The van der Waals surface area contributed by atoms with Gasteiger partial charge in [-0.15, -0.1) is 0 Å². The molecule has 0 radical (unpaired) electrons. The number of hydrogen-bond acceptors (Lipinski definition) is 7. The van der Waals surface area contributed by atoms with Crippen LogP contribution in [0.15, 0.2) is 48.5 Å². The van der Waals surface area contributed by atoms with E-state index in [1.807, 2.05) is 0 Å². The van der Waals surface area contributed by atoms with E-state index in [0.717, 1.165) is 0 Å².